The largest absolute Gasteiger partial charge is 0.417 e. The molecule has 3 aliphatic heterocycles. The third-order valence-electron chi connectivity index (χ3n) is 20.3. The number of nitrogens with zero attached hydrogens (tertiary/aromatic N) is 10. The number of carbonyl (C=O) groups excluding carboxylic acids is 13. The van der Waals surface area contributed by atoms with E-state index in [-0.39, 0.29) is 44.0 Å². The van der Waals surface area contributed by atoms with Gasteiger partial charge in [-0.1, -0.05) is 90.8 Å². The van der Waals surface area contributed by atoms with E-state index in [1.165, 1.54) is 61.2 Å². The summed E-state index contributed by atoms with van der Waals surface area (Å²) in [7, 11) is 10.2. The van der Waals surface area contributed by atoms with Crippen LogP contribution < -0.4 is 16.0 Å². The maximum atomic E-state index is 15.3. The number of amides is 13. The van der Waals surface area contributed by atoms with Gasteiger partial charge in [0.1, 0.15) is 48.3 Å². The minimum absolute atomic E-state index is 0.0150. The highest BCUT2D eigenvalue weighted by atomic mass is 35.5. The zero-order valence-corrected chi connectivity index (χ0v) is 62.8. The number of carbonyl (C=O) groups is 13. The van der Waals surface area contributed by atoms with Crippen molar-refractivity contribution in [1.29, 1.82) is 0 Å². The van der Waals surface area contributed by atoms with Gasteiger partial charge in [0, 0.05) is 76.1 Å². The summed E-state index contributed by atoms with van der Waals surface area (Å²) < 4.78 is 76.4. The molecule has 0 unspecified atom stereocenters. The van der Waals surface area contributed by atoms with E-state index < -0.39 is 218 Å². The Bertz CT molecular complexity index is 3200. The van der Waals surface area contributed by atoms with Crippen molar-refractivity contribution in [2.24, 2.45) is 17.8 Å². The summed E-state index contributed by atoms with van der Waals surface area (Å²) in [5.74, 6) is -15.9. The lowest BCUT2D eigenvalue weighted by atomic mass is 9.84. The van der Waals surface area contributed by atoms with Gasteiger partial charge in [0.05, 0.1) is 62.8 Å². The molecule has 4 fully saturated rings. The van der Waals surface area contributed by atoms with Gasteiger partial charge in [0.25, 0.3) is 5.92 Å². The Morgan fingerprint density at radius 1 is 0.641 bits per heavy atom. The number of hydrogen-bond donors (Lipinski definition) is 3. The molecule has 13 amide bonds. The fourth-order valence-electron chi connectivity index (χ4n) is 13.3. The average Bonchev–Trinajstić information content (AvgIpc) is 0.807. The molecule has 1 aromatic rings. The summed E-state index contributed by atoms with van der Waals surface area (Å²) in [6.45, 7) is 5.74. The van der Waals surface area contributed by atoms with E-state index in [4.69, 9.17) is 16.3 Å². The van der Waals surface area contributed by atoms with Crippen molar-refractivity contribution in [2.75, 3.05) is 115 Å². The monoisotopic (exact) mass is 1480 g/mol. The van der Waals surface area contributed by atoms with Crippen LogP contribution in [0.25, 0.3) is 0 Å². The second-order valence-corrected chi connectivity index (χ2v) is 28.9. The fourth-order valence-corrected chi connectivity index (χ4v) is 13.6. The van der Waals surface area contributed by atoms with E-state index in [1.807, 2.05) is 0 Å². The Labute approximate surface area is 605 Å². The van der Waals surface area contributed by atoms with Crippen LogP contribution >= 0.6 is 11.6 Å². The number of aryl methyl sites for hydroxylation is 1. The van der Waals surface area contributed by atoms with Gasteiger partial charge < -0.3 is 69.7 Å². The molecule has 9 atom stereocenters. The van der Waals surface area contributed by atoms with E-state index in [0.29, 0.717) is 38.5 Å². The van der Waals surface area contributed by atoms with Gasteiger partial charge in [-0.2, -0.15) is 13.2 Å². The Hall–Kier alpha value is -7.77. The summed E-state index contributed by atoms with van der Waals surface area (Å²) in [4.78, 5) is 201. The first kappa shape index (κ1) is 85.9. The van der Waals surface area contributed by atoms with Gasteiger partial charge in [0.2, 0.25) is 76.8 Å². The fraction of sp³-hybridized carbons (Fsp3) is 0.729. The number of rotatable bonds is 15. The summed E-state index contributed by atoms with van der Waals surface area (Å²) in [5.41, 5.74) is -1.03. The molecule has 3 N–H and O–H groups in total. The molecule has 1 aliphatic carbocycles. The van der Waals surface area contributed by atoms with Crippen LogP contribution in [0.4, 0.5) is 22.0 Å². The molecule has 3 saturated heterocycles. The van der Waals surface area contributed by atoms with Crippen LogP contribution in [-0.4, -0.2) is 295 Å². The summed E-state index contributed by atoms with van der Waals surface area (Å²) >= 11 is 6.12. The van der Waals surface area contributed by atoms with Crippen LogP contribution in [-0.2, 0) is 79.7 Å². The highest BCUT2D eigenvalue weighted by Crippen LogP contribution is 2.36. The molecule has 0 aromatic heterocycles. The van der Waals surface area contributed by atoms with Crippen molar-refractivity contribution in [1.82, 2.24) is 64.9 Å². The zero-order chi connectivity index (χ0) is 77.3. The smallest absolute Gasteiger partial charge is 0.379 e. The molecule has 1 saturated carbocycles. The molecule has 103 heavy (non-hydrogen) atoms. The maximum Gasteiger partial charge on any atom is 0.417 e. The first-order valence-corrected chi connectivity index (χ1v) is 35.9. The summed E-state index contributed by atoms with van der Waals surface area (Å²) in [5, 5.41) is 7.18. The molecule has 1 aromatic carbocycles. The highest BCUT2D eigenvalue weighted by Gasteiger charge is 2.49. The normalized spacial score (nSPS) is 25.6. The predicted molar refractivity (Wildman–Crippen MR) is 370 cm³/mol. The Balaban J connectivity index is 1.66. The quantitative estimate of drug-likeness (QED) is 0.167. The highest BCUT2D eigenvalue weighted by molar-refractivity contribution is 6.31. The van der Waals surface area contributed by atoms with Gasteiger partial charge in [-0.25, -0.2) is 8.78 Å². The van der Waals surface area contributed by atoms with Crippen molar-refractivity contribution in [3.63, 3.8) is 0 Å². The Morgan fingerprint density at radius 3 is 1.81 bits per heavy atom. The van der Waals surface area contributed by atoms with Crippen LogP contribution in [0.1, 0.15) is 143 Å². The lowest BCUT2D eigenvalue weighted by Gasteiger charge is -2.40. The molecular weight excluding hydrogens is 1380 g/mol. The third kappa shape index (κ3) is 23.4. The standard InChI is InChI=1S/C70H107ClF5N13O14/c1-15-31-103-39-50-64(98)87(14)60(42(3)4)68(102)86(13)53(66(100)88-29-21-18-22-30-88)35-55(91)83(10)44(6)61(95)79-59(43(5)16-2)67(101)82(9)37-57(93)80(7)38-58(94)84(11)52(33-45-23-19-17-20-24-45)65(99)81(8)36-54(90)77-49(28-26-46-25-27-47(48(71)32-46)70(74,75)76)63(97)85(12)51(62(96)78-50)34-56(92)89-40-69(72,73)41-89/h25,27,32,42-45,49-53,59-60H,15-24,26,28-31,33-41H2,1-14H3,(H,77,90)(H,78,96)(H,79,95)/t43-,44-,49-,50-,51-,52-,53-,59-,60+/m0/s1. The number of ether oxygens (including phenoxy) is 1. The number of likely N-dealkylation sites (N-methyl/N-ethyl adjacent to an activating group) is 8. The predicted octanol–water partition coefficient (Wildman–Crippen LogP) is 3.66. The SMILES string of the molecule is CCCOC[C@@H]1NC(=O)[C@H](CC(=O)N2CC(F)(F)C2)N(C)C(=O)[C@H](CCc2ccc(C(F)(F)F)c(Cl)c2)NC(=O)CN(C)C(=O)[C@H](CC2CCCCC2)N(C)C(=O)CN(C)C(=O)CN(C)C(=O)[C@H]([C@@H](C)CC)NC(=O)[C@H](C)N(C)C(=O)C[C@@H](C(=O)N2CCCCC2)N(C)C(=O)[C@@H](C(C)C)N(C)C1=O. The van der Waals surface area contributed by atoms with Gasteiger partial charge in [-0.15, -0.1) is 0 Å². The van der Waals surface area contributed by atoms with E-state index >= 15 is 19.2 Å². The molecule has 0 radical (unpaired) electrons. The van der Waals surface area contributed by atoms with Crippen LogP contribution in [0.2, 0.25) is 5.02 Å². The summed E-state index contributed by atoms with van der Waals surface area (Å²) in [6, 6.07) is -9.49. The molecule has 3 heterocycles. The van der Waals surface area contributed by atoms with E-state index in [2.05, 4.69) is 16.0 Å². The van der Waals surface area contributed by atoms with Gasteiger partial charge in [-0.3, -0.25) is 62.3 Å². The number of nitrogens with one attached hydrogen (secondary N) is 3. The van der Waals surface area contributed by atoms with Crippen molar-refractivity contribution in [3.05, 3.63) is 34.3 Å². The summed E-state index contributed by atoms with van der Waals surface area (Å²) in [6.07, 6.45) is -0.339. The first-order chi connectivity index (χ1) is 48.2. The molecule has 4 aliphatic rings. The van der Waals surface area contributed by atoms with Gasteiger partial charge >= 0.3 is 6.18 Å². The topological polar surface area (TPSA) is 300 Å². The lowest BCUT2D eigenvalue weighted by molar-refractivity contribution is -0.168. The first-order valence-electron chi connectivity index (χ1n) is 35.5. The minimum atomic E-state index is -4.85. The molecule has 0 spiro atoms. The molecular formula is C70H107ClF5N13O14. The van der Waals surface area contributed by atoms with Crippen LogP contribution in [0, 0.1) is 17.8 Å². The zero-order valence-electron chi connectivity index (χ0n) is 62.0. The molecule has 5 rings (SSSR count). The number of benzene rings is 1. The minimum Gasteiger partial charge on any atom is -0.379 e. The van der Waals surface area contributed by atoms with Crippen LogP contribution in [0.5, 0.6) is 0 Å². The molecule has 0 bridgehead atoms. The van der Waals surface area contributed by atoms with Crippen molar-refractivity contribution >= 4 is 88.4 Å². The Kier molecular flexibility index (Phi) is 31.9. The molecule has 578 valence electrons. The van der Waals surface area contributed by atoms with Crippen molar-refractivity contribution < 1.29 is 89.0 Å². The molecule has 33 heteroatoms. The maximum absolute atomic E-state index is 15.3. The van der Waals surface area contributed by atoms with Gasteiger partial charge in [-0.05, 0) is 87.3 Å². The number of hydrogen-bond acceptors (Lipinski definition) is 14. The van der Waals surface area contributed by atoms with E-state index in [0.717, 1.165) is 95.0 Å². The number of alkyl halides is 5. The third-order valence-corrected chi connectivity index (χ3v) is 20.6. The second kappa shape index (κ2) is 38.3. The average molecular weight is 1490 g/mol. The van der Waals surface area contributed by atoms with Crippen molar-refractivity contribution in [3.8, 4) is 0 Å². The van der Waals surface area contributed by atoms with Crippen LogP contribution in [0.3, 0.4) is 0 Å². The van der Waals surface area contributed by atoms with Crippen LogP contribution in [0.15, 0.2) is 18.2 Å². The lowest BCUT2D eigenvalue weighted by Crippen LogP contribution is -2.63. The van der Waals surface area contributed by atoms with E-state index in [9.17, 15) is 65.1 Å². The van der Waals surface area contributed by atoms with Gasteiger partial charge in [0.15, 0.2) is 0 Å². The number of piperidine rings is 1. The number of likely N-dealkylation sites (tertiary alicyclic amines) is 2. The van der Waals surface area contributed by atoms with E-state index in [1.54, 1.807) is 34.6 Å². The Morgan fingerprint density at radius 2 is 1.23 bits per heavy atom. The second-order valence-electron chi connectivity index (χ2n) is 28.5. The van der Waals surface area contributed by atoms with Crippen molar-refractivity contribution in [2.45, 2.75) is 198 Å². The molecule has 27 nitrogen and oxygen atoms in total. The number of halogens is 6.